The van der Waals surface area contributed by atoms with Crippen LogP contribution in [-0.4, -0.2) is 17.4 Å². The van der Waals surface area contributed by atoms with Crippen LogP contribution < -0.4 is 5.32 Å². The molecular weight excluding hydrogens is 393 g/mol. The van der Waals surface area contributed by atoms with Gasteiger partial charge in [-0.25, -0.2) is 4.98 Å². The number of nitrogens with zero attached hydrogens (tertiary/aromatic N) is 1. The van der Waals surface area contributed by atoms with E-state index in [-0.39, 0.29) is 18.9 Å². The number of nitrogens with one attached hydrogen (secondary N) is 1. The van der Waals surface area contributed by atoms with E-state index in [0.717, 1.165) is 17.7 Å². The van der Waals surface area contributed by atoms with Crippen LogP contribution in [0.25, 0.3) is 11.5 Å². The zero-order chi connectivity index (χ0) is 21.9. The van der Waals surface area contributed by atoms with Gasteiger partial charge in [-0.15, -0.1) is 0 Å². The van der Waals surface area contributed by atoms with Crippen LogP contribution >= 0.6 is 0 Å². The van der Waals surface area contributed by atoms with Crippen LogP contribution in [0, 0.1) is 6.92 Å². The number of hydrogen-bond acceptors (Lipinski definition) is 3. The van der Waals surface area contributed by atoms with Gasteiger partial charge >= 0.3 is 6.18 Å². The number of oxazole rings is 1. The molecule has 0 atom stereocenters. The van der Waals surface area contributed by atoms with Crippen molar-refractivity contribution in [1.82, 2.24) is 10.3 Å². The Morgan fingerprint density at radius 2 is 1.70 bits per heavy atom. The van der Waals surface area contributed by atoms with E-state index >= 15 is 0 Å². The number of alkyl halides is 3. The van der Waals surface area contributed by atoms with Gasteiger partial charge in [0, 0.05) is 17.5 Å². The number of hydrogen-bond donors (Lipinski definition) is 1. The second-order valence-electron chi connectivity index (χ2n) is 7.80. The Balaban J connectivity index is 1.65. The Kier molecular flexibility index (Phi) is 6.01. The minimum absolute atomic E-state index is 0.0286. The van der Waals surface area contributed by atoms with Gasteiger partial charge in [0.25, 0.3) is 0 Å². The molecule has 0 saturated carbocycles. The normalized spacial score (nSPS) is 12.1. The fourth-order valence-corrected chi connectivity index (χ4v) is 3.05. The molecule has 30 heavy (non-hydrogen) atoms. The van der Waals surface area contributed by atoms with E-state index in [1.54, 1.807) is 26.8 Å². The van der Waals surface area contributed by atoms with Crippen LogP contribution in [-0.2, 0) is 22.8 Å². The highest BCUT2D eigenvalue weighted by atomic mass is 19.4. The molecule has 2 aromatic carbocycles. The molecule has 4 nitrogen and oxygen atoms in total. The van der Waals surface area contributed by atoms with Crippen molar-refractivity contribution in [3.05, 3.63) is 77.2 Å². The molecule has 3 rings (SSSR count). The first kappa shape index (κ1) is 21.6. The fourth-order valence-electron chi connectivity index (χ4n) is 3.05. The van der Waals surface area contributed by atoms with E-state index in [0.29, 0.717) is 22.9 Å². The second kappa shape index (κ2) is 8.34. The molecule has 7 heteroatoms. The number of carbonyl (C=O) groups excluding carboxylic acids is 1. The topological polar surface area (TPSA) is 55.1 Å². The summed E-state index contributed by atoms with van der Waals surface area (Å²) in [7, 11) is 0. The van der Waals surface area contributed by atoms with E-state index in [9.17, 15) is 18.0 Å². The lowest BCUT2D eigenvalue weighted by atomic mass is 9.83. The lowest BCUT2D eigenvalue weighted by Crippen LogP contribution is -2.37. The number of carbonyl (C=O) groups is 1. The summed E-state index contributed by atoms with van der Waals surface area (Å²) in [4.78, 5) is 16.9. The van der Waals surface area contributed by atoms with Crippen molar-refractivity contribution in [2.75, 3.05) is 6.54 Å². The average molecular weight is 416 g/mol. The maximum absolute atomic E-state index is 13.0. The molecule has 3 aromatic rings. The summed E-state index contributed by atoms with van der Waals surface area (Å²) in [6.45, 7) is 5.51. The third kappa shape index (κ3) is 5.09. The molecule has 0 aliphatic rings. The quantitative estimate of drug-likeness (QED) is 0.593. The van der Waals surface area contributed by atoms with Crippen molar-refractivity contribution in [2.24, 2.45) is 0 Å². The average Bonchev–Trinajstić information content (AvgIpc) is 3.07. The van der Waals surface area contributed by atoms with Gasteiger partial charge in [0.15, 0.2) is 0 Å². The monoisotopic (exact) mass is 416 g/mol. The molecular formula is C23H23F3N2O2. The van der Waals surface area contributed by atoms with Crippen LogP contribution in [0.2, 0.25) is 0 Å². The lowest BCUT2D eigenvalue weighted by molar-refractivity contribution is -0.137. The Labute approximate surface area is 173 Å². The minimum atomic E-state index is -4.41. The van der Waals surface area contributed by atoms with Crippen LogP contribution in [0.15, 0.2) is 59.0 Å². The molecule has 0 aliphatic heterocycles. The summed E-state index contributed by atoms with van der Waals surface area (Å²) in [5.74, 6) is 0.729. The highest BCUT2D eigenvalue weighted by Crippen LogP contribution is 2.32. The SMILES string of the molecule is Cc1oc(-c2ccccc2)nc1CC(=O)NCC(C)(C)c1cccc(C(F)(F)F)c1. The number of halogens is 3. The summed E-state index contributed by atoms with van der Waals surface area (Å²) in [6.07, 6.45) is -4.38. The van der Waals surface area contributed by atoms with Crippen LogP contribution in [0.4, 0.5) is 13.2 Å². The first-order chi connectivity index (χ1) is 14.1. The summed E-state index contributed by atoms with van der Waals surface area (Å²) in [6, 6.07) is 14.5. The number of aryl methyl sites for hydroxylation is 1. The van der Waals surface area contributed by atoms with Crippen LogP contribution in [0.5, 0.6) is 0 Å². The molecule has 0 radical (unpaired) electrons. The molecule has 0 unspecified atom stereocenters. The van der Waals surface area contributed by atoms with Gasteiger partial charge < -0.3 is 9.73 Å². The van der Waals surface area contributed by atoms with Gasteiger partial charge in [-0.05, 0) is 30.7 Å². The fraction of sp³-hybridized carbons (Fsp3) is 0.304. The van der Waals surface area contributed by atoms with E-state index < -0.39 is 17.2 Å². The zero-order valence-electron chi connectivity index (χ0n) is 17.0. The van der Waals surface area contributed by atoms with Gasteiger partial charge in [0.05, 0.1) is 17.7 Å². The molecule has 0 bridgehead atoms. The molecule has 1 N–H and O–H groups in total. The smallest absolute Gasteiger partial charge is 0.416 e. The van der Waals surface area contributed by atoms with Crippen molar-refractivity contribution in [3.8, 4) is 11.5 Å². The van der Waals surface area contributed by atoms with Crippen molar-refractivity contribution in [3.63, 3.8) is 0 Å². The van der Waals surface area contributed by atoms with Crippen molar-refractivity contribution >= 4 is 5.91 Å². The van der Waals surface area contributed by atoms with Crippen LogP contribution in [0.1, 0.15) is 36.4 Å². The molecule has 1 heterocycles. The van der Waals surface area contributed by atoms with E-state index in [1.807, 2.05) is 30.3 Å². The summed E-state index contributed by atoms with van der Waals surface area (Å²) < 4.78 is 44.6. The molecule has 1 amide bonds. The third-order valence-corrected chi connectivity index (χ3v) is 4.94. The molecule has 158 valence electrons. The Morgan fingerprint density at radius 3 is 2.37 bits per heavy atom. The molecule has 0 fully saturated rings. The summed E-state index contributed by atoms with van der Waals surface area (Å²) in [5.41, 5.74) is 0.471. The predicted molar refractivity (Wildman–Crippen MR) is 108 cm³/mol. The number of benzene rings is 2. The van der Waals surface area contributed by atoms with Crippen molar-refractivity contribution in [2.45, 2.75) is 38.8 Å². The molecule has 0 spiro atoms. The lowest BCUT2D eigenvalue weighted by Gasteiger charge is -2.26. The van der Waals surface area contributed by atoms with Gasteiger partial charge in [0.1, 0.15) is 5.76 Å². The Bertz CT molecular complexity index is 1020. The standard InChI is InChI=1S/C23H23F3N2O2/c1-15-19(28-21(30-15)16-8-5-4-6-9-16)13-20(29)27-14-22(2,3)17-10-7-11-18(12-17)23(24,25)26/h4-12H,13-14H2,1-3H3,(H,27,29). The molecule has 0 aliphatic carbocycles. The largest absolute Gasteiger partial charge is 0.441 e. The number of amides is 1. The first-order valence-corrected chi connectivity index (χ1v) is 9.52. The molecule has 0 saturated heterocycles. The summed E-state index contributed by atoms with van der Waals surface area (Å²) in [5, 5.41) is 2.80. The highest BCUT2D eigenvalue weighted by molar-refractivity contribution is 5.78. The van der Waals surface area contributed by atoms with E-state index in [1.165, 1.54) is 6.07 Å². The zero-order valence-corrected chi connectivity index (χ0v) is 17.0. The van der Waals surface area contributed by atoms with Crippen molar-refractivity contribution < 1.29 is 22.4 Å². The summed E-state index contributed by atoms with van der Waals surface area (Å²) >= 11 is 0. The Hall–Kier alpha value is -3.09. The predicted octanol–water partition coefficient (Wildman–Crippen LogP) is 5.31. The van der Waals surface area contributed by atoms with Gasteiger partial charge in [-0.3, -0.25) is 4.79 Å². The maximum Gasteiger partial charge on any atom is 0.416 e. The van der Waals surface area contributed by atoms with Crippen LogP contribution in [0.3, 0.4) is 0 Å². The van der Waals surface area contributed by atoms with E-state index in [2.05, 4.69) is 10.3 Å². The highest BCUT2D eigenvalue weighted by Gasteiger charge is 2.32. The third-order valence-electron chi connectivity index (χ3n) is 4.94. The Morgan fingerprint density at radius 1 is 1.03 bits per heavy atom. The first-order valence-electron chi connectivity index (χ1n) is 9.52. The molecule has 1 aromatic heterocycles. The second-order valence-corrected chi connectivity index (χ2v) is 7.80. The maximum atomic E-state index is 13.0. The van der Waals surface area contributed by atoms with E-state index in [4.69, 9.17) is 4.42 Å². The van der Waals surface area contributed by atoms with Gasteiger partial charge in [0.2, 0.25) is 11.8 Å². The number of rotatable bonds is 6. The minimum Gasteiger partial charge on any atom is -0.441 e. The van der Waals surface area contributed by atoms with Gasteiger partial charge in [-0.1, -0.05) is 50.2 Å². The number of aromatic nitrogens is 1. The van der Waals surface area contributed by atoms with Crippen molar-refractivity contribution in [1.29, 1.82) is 0 Å². The van der Waals surface area contributed by atoms with Gasteiger partial charge in [-0.2, -0.15) is 13.2 Å².